The Kier molecular flexibility index (Phi) is 4.64. The van der Waals surface area contributed by atoms with Crippen LogP contribution in [0, 0.1) is 0 Å². The number of nitrogens with zero attached hydrogens (tertiary/aromatic N) is 2. The van der Waals surface area contributed by atoms with Crippen molar-refractivity contribution >= 4 is 17.4 Å². The maximum Gasteiger partial charge on any atom is 0.285 e. The van der Waals surface area contributed by atoms with E-state index >= 15 is 0 Å². The van der Waals surface area contributed by atoms with Gasteiger partial charge in [-0.05, 0) is 18.2 Å². The molecule has 0 atom stereocenters. The van der Waals surface area contributed by atoms with Crippen LogP contribution in [-0.4, -0.2) is 10.8 Å². The molecule has 3 rings (SSSR count). The first-order valence-corrected chi connectivity index (χ1v) is 7.45. The van der Waals surface area contributed by atoms with E-state index in [1.807, 2.05) is 18.2 Å². The largest absolute Gasteiger partial charge is 0.434 e. The minimum absolute atomic E-state index is 0.0236. The molecule has 1 aromatic heterocycles. The number of carbonyl (C=O) groups is 1. The van der Waals surface area contributed by atoms with E-state index in [0.717, 1.165) is 0 Å². The highest BCUT2D eigenvalue weighted by Crippen LogP contribution is 2.21. The van der Waals surface area contributed by atoms with Crippen LogP contribution in [0.25, 0.3) is 0 Å². The number of hydrogen-bond acceptors (Lipinski definition) is 3. The summed E-state index contributed by atoms with van der Waals surface area (Å²) in [5.74, 6) is 1.02. The molecule has 2 aromatic carbocycles. The van der Waals surface area contributed by atoms with Crippen molar-refractivity contribution in [1.82, 2.24) is 4.98 Å². The van der Waals surface area contributed by atoms with Crippen LogP contribution in [-0.2, 0) is 6.54 Å². The highest BCUT2D eigenvalue weighted by Gasteiger charge is 2.13. The van der Waals surface area contributed by atoms with Gasteiger partial charge in [-0.3, -0.25) is 4.79 Å². The molecule has 0 amide bonds. The summed E-state index contributed by atoms with van der Waals surface area (Å²) in [5, 5.41) is 0.588. The molecule has 0 unspecified atom stereocenters. The van der Waals surface area contributed by atoms with Crippen LogP contribution in [0.4, 0.5) is 0 Å². The Hall–Kier alpha value is -2.72. The lowest BCUT2D eigenvalue weighted by molar-refractivity contribution is -0.683. The van der Waals surface area contributed by atoms with Gasteiger partial charge in [0.2, 0.25) is 18.5 Å². The lowest BCUT2D eigenvalue weighted by atomic mass is 10.1. The van der Waals surface area contributed by atoms with Crippen molar-refractivity contribution in [3.8, 4) is 11.6 Å². The molecule has 0 radical (unpaired) electrons. The van der Waals surface area contributed by atoms with Gasteiger partial charge in [0.15, 0.2) is 6.20 Å². The van der Waals surface area contributed by atoms with E-state index in [-0.39, 0.29) is 12.3 Å². The van der Waals surface area contributed by atoms with Crippen LogP contribution in [0.15, 0.2) is 73.2 Å². The van der Waals surface area contributed by atoms with Gasteiger partial charge in [0.05, 0.1) is 6.20 Å². The van der Waals surface area contributed by atoms with Gasteiger partial charge in [0.1, 0.15) is 5.75 Å². The maximum absolute atomic E-state index is 12.2. The van der Waals surface area contributed by atoms with Crippen LogP contribution >= 0.6 is 11.6 Å². The zero-order valence-corrected chi connectivity index (χ0v) is 13.0. The molecule has 4 nitrogen and oxygen atoms in total. The Morgan fingerprint density at radius 1 is 1.13 bits per heavy atom. The molecule has 23 heavy (non-hydrogen) atoms. The molecule has 0 saturated carbocycles. The number of halogens is 1. The number of hydrogen-bond donors (Lipinski definition) is 0. The third-order valence-corrected chi connectivity index (χ3v) is 3.41. The molecule has 0 fully saturated rings. The van der Waals surface area contributed by atoms with Crippen LogP contribution in [0.5, 0.6) is 11.6 Å². The van der Waals surface area contributed by atoms with Crippen LogP contribution < -0.4 is 9.30 Å². The fourth-order valence-electron chi connectivity index (χ4n) is 2.09. The third kappa shape index (κ3) is 4.14. The molecule has 0 aliphatic carbocycles. The molecule has 0 bridgehead atoms. The first kappa shape index (κ1) is 15.2. The number of benzene rings is 2. The summed E-state index contributed by atoms with van der Waals surface area (Å²) < 4.78 is 7.40. The third-order valence-electron chi connectivity index (χ3n) is 3.18. The Bertz CT molecular complexity index is 822. The van der Waals surface area contributed by atoms with E-state index in [4.69, 9.17) is 16.3 Å². The minimum Gasteiger partial charge on any atom is -0.434 e. The van der Waals surface area contributed by atoms with Crippen molar-refractivity contribution in [3.05, 3.63) is 83.8 Å². The predicted octanol–water partition coefficient (Wildman–Crippen LogP) is 3.70. The van der Waals surface area contributed by atoms with E-state index < -0.39 is 0 Å². The highest BCUT2D eigenvalue weighted by molar-refractivity contribution is 6.30. The maximum atomic E-state index is 12.2. The Labute approximate surface area is 139 Å². The molecule has 0 aliphatic rings. The zero-order chi connectivity index (χ0) is 16.1. The molecule has 114 valence electrons. The van der Waals surface area contributed by atoms with Crippen molar-refractivity contribution in [1.29, 1.82) is 0 Å². The summed E-state index contributed by atoms with van der Waals surface area (Å²) in [6.45, 7) is 0.221. The fourth-order valence-corrected chi connectivity index (χ4v) is 2.27. The minimum atomic E-state index is 0.0236. The van der Waals surface area contributed by atoms with E-state index in [0.29, 0.717) is 22.2 Å². The molecule has 0 N–H and O–H groups in total. The Morgan fingerprint density at radius 2 is 1.96 bits per heavy atom. The second-order valence-electron chi connectivity index (χ2n) is 4.92. The smallest absolute Gasteiger partial charge is 0.285 e. The average Bonchev–Trinajstić information content (AvgIpc) is 2.56. The van der Waals surface area contributed by atoms with E-state index in [2.05, 4.69) is 4.98 Å². The summed E-state index contributed by atoms with van der Waals surface area (Å²) in [6, 6.07) is 16.2. The van der Waals surface area contributed by atoms with Crippen LogP contribution in [0.1, 0.15) is 10.4 Å². The summed E-state index contributed by atoms with van der Waals surface area (Å²) in [4.78, 5) is 16.4. The zero-order valence-electron chi connectivity index (χ0n) is 12.2. The number of ether oxygens (including phenoxy) is 1. The SMILES string of the molecule is O=C(C[n+]1ccnc(Oc2cccc(Cl)c2)c1)c1ccccc1. The second kappa shape index (κ2) is 7.03. The van der Waals surface area contributed by atoms with Gasteiger partial charge < -0.3 is 4.74 Å². The number of carbonyl (C=O) groups excluding carboxylic acids is 1. The number of Topliss-reactive ketones (excluding diaryl/α,β-unsaturated/α-hetero) is 1. The number of aromatic nitrogens is 2. The van der Waals surface area contributed by atoms with Crippen molar-refractivity contribution in [2.75, 3.05) is 0 Å². The monoisotopic (exact) mass is 325 g/mol. The van der Waals surface area contributed by atoms with Crippen molar-refractivity contribution in [2.24, 2.45) is 0 Å². The predicted molar refractivity (Wildman–Crippen MR) is 86.7 cm³/mol. The lowest BCUT2D eigenvalue weighted by Gasteiger charge is -2.04. The van der Waals surface area contributed by atoms with Gasteiger partial charge in [-0.25, -0.2) is 4.98 Å². The summed E-state index contributed by atoms with van der Waals surface area (Å²) >= 11 is 5.93. The fraction of sp³-hybridized carbons (Fsp3) is 0.0556. The molecular formula is C18H14ClN2O2+. The van der Waals surface area contributed by atoms with Gasteiger partial charge in [-0.15, -0.1) is 0 Å². The van der Waals surface area contributed by atoms with E-state index in [1.165, 1.54) is 0 Å². The molecule has 0 saturated heterocycles. The molecule has 5 heteroatoms. The van der Waals surface area contributed by atoms with Gasteiger partial charge in [0.25, 0.3) is 5.88 Å². The second-order valence-corrected chi connectivity index (χ2v) is 5.35. The molecule has 0 spiro atoms. The van der Waals surface area contributed by atoms with Crippen LogP contribution in [0.2, 0.25) is 5.02 Å². The standard InChI is InChI=1S/C18H14ClN2O2/c19-15-7-4-8-16(11-15)23-18-13-21(10-9-20-18)12-17(22)14-5-2-1-3-6-14/h1-11,13H,12H2/q+1. The number of ketones is 1. The number of rotatable bonds is 5. The molecular weight excluding hydrogens is 312 g/mol. The molecule has 1 heterocycles. The topological polar surface area (TPSA) is 43.1 Å². The van der Waals surface area contributed by atoms with Crippen LogP contribution in [0.3, 0.4) is 0 Å². The van der Waals surface area contributed by atoms with Gasteiger partial charge in [-0.2, -0.15) is 4.57 Å². The Balaban J connectivity index is 1.74. The van der Waals surface area contributed by atoms with Crippen molar-refractivity contribution in [2.45, 2.75) is 6.54 Å². The normalized spacial score (nSPS) is 10.3. The summed E-state index contributed by atoms with van der Waals surface area (Å²) in [7, 11) is 0. The van der Waals surface area contributed by atoms with Crippen molar-refractivity contribution < 1.29 is 14.1 Å². The van der Waals surface area contributed by atoms with E-state index in [9.17, 15) is 4.79 Å². The first-order chi connectivity index (χ1) is 11.2. The first-order valence-electron chi connectivity index (χ1n) is 7.07. The summed E-state index contributed by atoms with van der Waals surface area (Å²) in [6.07, 6.45) is 5.01. The van der Waals surface area contributed by atoms with Gasteiger partial charge in [0, 0.05) is 10.6 Å². The van der Waals surface area contributed by atoms with Gasteiger partial charge >= 0.3 is 0 Å². The van der Waals surface area contributed by atoms with E-state index in [1.54, 1.807) is 59.6 Å². The van der Waals surface area contributed by atoms with Gasteiger partial charge in [-0.1, -0.05) is 48.0 Å². The summed E-state index contributed by atoms with van der Waals surface area (Å²) in [5.41, 5.74) is 0.675. The van der Waals surface area contributed by atoms with Crippen molar-refractivity contribution in [3.63, 3.8) is 0 Å². The average molecular weight is 326 g/mol. The lowest BCUT2D eigenvalue weighted by Crippen LogP contribution is -2.37. The molecule has 3 aromatic rings. The highest BCUT2D eigenvalue weighted by atomic mass is 35.5. The molecule has 0 aliphatic heterocycles. The Morgan fingerprint density at radius 3 is 2.74 bits per heavy atom. The quantitative estimate of drug-likeness (QED) is 0.530.